The molecule has 4 rings (SSSR count). The quantitative estimate of drug-likeness (QED) is 0.0745. The van der Waals surface area contributed by atoms with Gasteiger partial charge < -0.3 is 24.3 Å². The molecular formula is C31H37BN6O9S3. The lowest BCUT2D eigenvalue weighted by molar-refractivity contribution is -0.168. The van der Waals surface area contributed by atoms with E-state index in [1.165, 1.54) is 47.7 Å². The fourth-order valence-corrected chi connectivity index (χ4v) is 7.67. The summed E-state index contributed by atoms with van der Waals surface area (Å²) in [6.07, 6.45) is 3.90. The van der Waals surface area contributed by atoms with Crippen molar-refractivity contribution in [2.24, 2.45) is 5.16 Å². The van der Waals surface area contributed by atoms with Crippen molar-refractivity contribution in [2.75, 3.05) is 11.9 Å². The second kappa shape index (κ2) is 16.3. The first kappa shape index (κ1) is 38.7. The molecule has 2 aliphatic heterocycles. The molecule has 2 aliphatic rings. The summed E-state index contributed by atoms with van der Waals surface area (Å²) in [5, 5.41) is 9.68. The number of thioether (sulfide) groups is 2. The average molecular weight is 745 g/mol. The van der Waals surface area contributed by atoms with Gasteiger partial charge in [0.2, 0.25) is 5.60 Å². The van der Waals surface area contributed by atoms with Gasteiger partial charge in [-0.3, -0.25) is 24.8 Å². The Kier molecular flexibility index (Phi) is 12.6. The minimum atomic E-state index is -1.60. The molecule has 2 aromatic rings. The van der Waals surface area contributed by atoms with Crippen LogP contribution in [0.4, 0.5) is 9.93 Å². The molecule has 50 heavy (non-hydrogen) atoms. The number of amides is 3. The van der Waals surface area contributed by atoms with Crippen molar-refractivity contribution in [3.8, 4) is 0 Å². The SMILES string of the molecule is [B]OC(=O)C1=C(Sc2ccncc2)[C@H](C)S[C@@H]2[C@H](NC(=O)/C(=N\OC(C)(C)C(=O)OCCCC)c3csc(NC(=O)OC(C)(C)C)n3)C(=O)N12. The highest BCUT2D eigenvalue weighted by atomic mass is 32.2. The number of rotatable bonds is 13. The Balaban J connectivity index is 1.60. The van der Waals surface area contributed by atoms with Gasteiger partial charge in [-0.25, -0.2) is 19.4 Å². The molecule has 0 saturated carbocycles. The van der Waals surface area contributed by atoms with E-state index in [2.05, 4.69) is 30.4 Å². The molecule has 0 unspecified atom stereocenters. The predicted octanol–water partition coefficient (Wildman–Crippen LogP) is 4.15. The molecule has 3 amide bonds. The molecule has 0 bridgehead atoms. The highest BCUT2D eigenvalue weighted by Crippen LogP contribution is 2.49. The van der Waals surface area contributed by atoms with E-state index in [0.29, 0.717) is 11.3 Å². The summed E-state index contributed by atoms with van der Waals surface area (Å²) >= 11 is 3.60. The van der Waals surface area contributed by atoms with E-state index < -0.39 is 52.5 Å². The summed E-state index contributed by atoms with van der Waals surface area (Å²) in [5.74, 6) is -3.08. The molecule has 0 spiro atoms. The van der Waals surface area contributed by atoms with Gasteiger partial charge in [0.1, 0.15) is 28.4 Å². The van der Waals surface area contributed by atoms with Crippen LogP contribution in [0.2, 0.25) is 0 Å². The number of unbranched alkanes of at least 4 members (excludes halogenated alkanes) is 1. The van der Waals surface area contributed by atoms with E-state index in [9.17, 15) is 24.0 Å². The Hall–Kier alpha value is -4.10. The van der Waals surface area contributed by atoms with Crippen molar-refractivity contribution < 1.29 is 42.9 Å². The molecule has 4 heterocycles. The number of esters is 1. The number of aromatic nitrogens is 2. The van der Waals surface area contributed by atoms with E-state index in [0.717, 1.165) is 22.7 Å². The van der Waals surface area contributed by atoms with Crippen molar-refractivity contribution >= 4 is 83.6 Å². The van der Waals surface area contributed by atoms with E-state index >= 15 is 0 Å². The summed E-state index contributed by atoms with van der Waals surface area (Å²) in [6.45, 7) is 11.9. The molecule has 1 fully saturated rings. The normalized spacial score (nSPS) is 19.2. The number of hydrogen-bond donors (Lipinski definition) is 2. The number of oxime groups is 1. The summed E-state index contributed by atoms with van der Waals surface area (Å²) in [7, 11) is 5.27. The molecule has 0 aromatic carbocycles. The van der Waals surface area contributed by atoms with E-state index in [-0.39, 0.29) is 34.1 Å². The van der Waals surface area contributed by atoms with E-state index in [4.69, 9.17) is 22.4 Å². The summed E-state index contributed by atoms with van der Waals surface area (Å²) in [5.41, 5.74) is -2.81. The Morgan fingerprint density at radius 3 is 2.48 bits per heavy atom. The zero-order valence-corrected chi connectivity index (χ0v) is 31.0. The van der Waals surface area contributed by atoms with Crippen LogP contribution in [0.15, 0.2) is 50.6 Å². The first-order valence-corrected chi connectivity index (χ1v) is 18.1. The van der Waals surface area contributed by atoms with Crippen LogP contribution in [0.3, 0.4) is 0 Å². The number of carbonyl (C=O) groups is 5. The lowest BCUT2D eigenvalue weighted by Gasteiger charge is -2.51. The molecule has 19 heteroatoms. The lowest BCUT2D eigenvalue weighted by Crippen LogP contribution is -2.71. The van der Waals surface area contributed by atoms with Gasteiger partial charge >= 0.3 is 26.1 Å². The van der Waals surface area contributed by atoms with Crippen LogP contribution in [0, 0.1) is 0 Å². The number of nitrogens with one attached hydrogen (secondary N) is 2. The Morgan fingerprint density at radius 2 is 1.84 bits per heavy atom. The standard InChI is InChI=1S/C31H37BN6O9S3/c1-8-9-14-44-27(42)31(6,7)47-37-19(18-15-48-28(34-18)36-29(43)45-30(3,4)5)23(39)35-20-24(40)38-21(26(41)46-32)22(16(2)49-25(20)38)50-17-10-12-33-13-11-17/h10-13,15-16,20,25H,8-9,14H2,1-7H3,(H,35,39)(H,34,36,43)/b37-19-/t16-,20+,25+/m0/s1. The number of nitrogens with zero attached hydrogens (tertiary/aromatic N) is 4. The summed E-state index contributed by atoms with van der Waals surface area (Å²) in [6, 6.07) is 2.42. The highest BCUT2D eigenvalue weighted by molar-refractivity contribution is 8.06. The monoisotopic (exact) mass is 744 g/mol. The zero-order chi connectivity index (χ0) is 36.8. The number of β-lactam (4-membered cyclic amide) rings is 1. The van der Waals surface area contributed by atoms with Crippen LogP contribution in [0.1, 0.15) is 67.0 Å². The largest absolute Gasteiger partial charge is 0.539 e. The second-order valence-electron chi connectivity index (χ2n) is 12.4. The molecule has 2 N–H and O–H groups in total. The molecular weight excluding hydrogens is 707 g/mol. The number of ether oxygens (including phenoxy) is 2. The number of anilines is 1. The van der Waals surface area contributed by atoms with Crippen LogP contribution in [0.5, 0.6) is 0 Å². The van der Waals surface area contributed by atoms with Crippen LogP contribution >= 0.6 is 34.9 Å². The number of fused-ring (bicyclic) bond motifs is 1. The Labute approximate surface area is 303 Å². The van der Waals surface area contributed by atoms with Gasteiger partial charge in [0.05, 0.1) is 6.61 Å². The second-order valence-corrected chi connectivity index (χ2v) is 15.9. The zero-order valence-electron chi connectivity index (χ0n) is 28.5. The molecule has 266 valence electrons. The number of pyridine rings is 1. The van der Waals surface area contributed by atoms with Gasteiger partial charge in [0.25, 0.3) is 11.8 Å². The van der Waals surface area contributed by atoms with Crippen LogP contribution in [0.25, 0.3) is 0 Å². The third-order valence-corrected chi connectivity index (χ3v) is 10.4. The van der Waals surface area contributed by atoms with Gasteiger partial charge in [0.15, 0.2) is 10.8 Å². The number of thiazole rings is 1. The molecule has 2 aromatic heterocycles. The maximum Gasteiger partial charge on any atom is 0.413 e. The predicted molar refractivity (Wildman–Crippen MR) is 188 cm³/mol. The molecule has 15 nitrogen and oxygen atoms in total. The third-order valence-electron chi connectivity index (χ3n) is 6.85. The minimum Gasteiger partial charge on any atom is -0.539 e. The maximum atomic E-state index is 13.8. The van der Waals surface area contributed by atoms with Gasteiger partial charge in [-0.05, 0) is 60.1 Å². The average Bonchev–Trinajstić information content (AvgIpc) is 3.51. The Morgan fingerprint density at radius 1 is 1.14 bits per heavy atom. The fourth-order valence-electron chi connectivity index (χ4n) is 4.40. The molecule has 3 atom stereocenters. The van der Waals surface area contributed by atoms with Gasteiger partial charge in [-0.1, -0.05) is 30.3 Å². The van der Waals surface area contributed by atoms with Crippen molar-refractivity contribution in [1.82, 2.24) is 20.2 Å². The lowest BCUT2D eigenvalue weighted by atomic mass is 10.0. The summed E-state index contributed by atoms with van der Waals surface area (Å²) < 4.78 is 15.1. The third kappa shape index (κ3) is 9.36. The minimum absolute atomic E-state index is 0.0228. The van der Waals surface area contributed by atoms with E-state index in [1.54, 1.807) is 45.3 Å². The highest BCUT2D eigenvalue weighted by Gasteiger charge is 2.56. The van der Waals surface area contributed by atoms with Crippen molar-refractivity contribution in [1.29, 1.82) is 0 Å². The van der Waals surface area contributed by atoms with Crippen LogP contribution in [-0.2, 0) is 38.1 Å². The smallest absolute Gasteiger partial charge is 0.413 e. The van der Waals surface area contributed by atoms with Gasteiger partial charge in [0, 0.05) is 32.8 Å². The first-order valence-electron chi connectivity index (χ1n) is 15.5. The number of hydrogen-bond acceptors (Lipinski definition) is 15. The molecule has 2 radical (unpaired) electrons. The van der Waals surface area contributed by atoms with Crippen LogP contribution < -0.4 is 10.6 Å². The van der Waals surface area contributed by atoms with Crippen molar-refractivity contribution in [3.63, 3.8) is 0 Å². The number of carbonyl (C=O) groups excluding carboxylic acids is 5. The first-order chi connectivity index (χ1) is 23.6. The van der Waals surface area contributed by atoms with Crippen molar-refractivity contribution in [3.05, 3.63) is 46.2 Å². The molecule has 0 aliphatic carbocycles. The van der Waals surface area contributed by atoms with Crippen molar-refractivity contribution in [2.45, 2.75) is 94.1 Å². The summed E-state index contributed by atoms with van der Waals surface area (Å²) in [4.78, 5) is 81.8. The van der Waals surface area contributed by atoms with E-state index in [1.807, 2.05) is 13.8 Å². The fraction of sp³-hybridized carbons (Fsp3) is 0.484. The molecule has 1 saturated heterocycles. The van der Waals surface area contributed by atoms with Crippen LogP contribution in [-0.4, -0.2) is 92.9 Å². The van der Waals surface area contributed by atoms with Gasteiger partial charge in [-0.2, -0.15) is 0 Å². The topological polar surface area (TPSA) is 188 Å². The maximum absolute atomic E-state index is 13.8. The Bertz CT molecular complexity index is 1680. The van der Waals surface area contributed by atoms with Gasteiger partial charge in [-0.15, -0.1) is 23.1 Å².